The molecule has 5 nitrogen and oxygen atoms in total. The first kappa shape index (κ1) is 15.7. The van der Waals surface area contributed by atoms with Crippen LogP contribution in [0.2, 0.25) is 0 Å². The smallest absolute Gasteiger partial charge is 0.240 e. The Bertz CT molecular complexity index is 845. The average Bonchev–Trinajstić information content (AvgIpc) is 2.54. The quantitative estimate of drug-likeness (QED) is 0.872. The van der Waals surface area contributed by atoms with Crippen molar-refractivity contribution >= 4 is 15.8 Å². The van der Waals surface area contributed by atoms with Crippen molar-refractivity contribution in [2.24, 2.45) is 0 Å². The van der Waals surface area contributed by atoms with Gasteiger partial charge in [0.1, 0.15) is 12.4 Å². The molecular formula is C17H17NO4S. The summed E-state index contributed by atoms with van der Waals surface area (Å²) in [5, 5.41) is 0. The van der Waals surface area contributed by atoms with Gasteiger partial charge in [0.15, 0.2) is 5.78 Å². The molecule has 1 N–H and O–H groups in total. The van der Waals surface area contributed by atoms with Crippen LogP contribution in [0.15, 0.2) is 53.4 Å². The second-order valence-corrected chi connectivity index (χ2v) is 7.24. The highest BCUT2D eigenvalue weighted by molar-refractivity contribution is 7.89. The van der Waals surface area contributed by atoms with E-state index in [2.05, 4.69) is 4.72 Å². The van der Waals surface area contributed by atoms with Gasteiger partial charge in [-0.25, -0.2) is 13.1 Å². The predicted octanol–water partition coefficient (Wildman–Crippen LogP) is 2.17. The summed E-state index contributed by atoms with van der Waals surface area (Å²) in [6.07, 6.45) is 0.571. The normalized spacial score (nSPS) is 17.2. The van der Waals surface area contributed by atoms with Gasteiger partial charge >= 0.3 is 0 Å². The van der Waals surface area contributed by atoms with Gasteiger partial charge < -0.3 is 4.74 Å². The molecular weight excluding hydrogens is 314 g/mol. The lowest BCUT2D eigenvalue weighted by Crippen LogP contribution is -2.42. The molecule has 1 heterocycles. The monoisotopic (exact) mass is 331 g/mol. The molecule has 0 spiro atoms. The number of hydrogen-bond acceptors (Lipinski definition) is 4. The van der Waals surface area contributed by atoms with Crippen molar-refractivity contribution in [3.05, 3.63) is 59.7 Å². The van der Waals surface area contributed by atoms with Gasteiger partial charge in [-0.2, -0.15) is 0 Å². The van der Waals surface area contributed by atoms with Crippen molar-refractivity contribution < 1.29 is 17.9 Å². The molecule has 1 aliphatic heterocycles. The first-order valence-electron chi connectivity index (χ1n) is 7.30. The van der Waals surface area contributed by atoms with E-state index < -0.39 is 10.0 Å². The minimum absolute atomic E-state index is 0.0871. The molecule has 120 valence electrons. The van der Waals surface area contributed by atoms with Crippen molar-refractivity contribution in [1.82, 2.24) is 4.72 Å². The van der Waals surface area contributed by atoms with Crippen LogP contribution in [-0.4, -0.2) is 26.8 Å². The number of ketones is 1. The summed E-state index contributed by atoms with van der Waals surface area (Å²) in [6, 6.07) is 13.3. The Morgan fingerprint density at radius 2 is 1.96 bits per heavy atom. The standard InChI is InChI=1S/C17H17NO4S/c1-12(19)13-6-4-7-16(10-13)23(20,21)18-15-9-14-5-2-3-8-17(14)22-11-15/h2-8,10,15,18H,9,11H2,1H3. The highest BCUT2D eigenvalue weighted by Crippen LogP contribution is 2.24. The zero-order chi connectivity index (χ0) is 16.4. The van der Waals surface area contributed by atoms with E-state index in [1.165, 1.54) is 19.1 Å². The maximum absolute atomic E-state index is 12.5. The summed E-state index contributed by atoms with van der Waals surface area (Å²) < 4.78 is 33.3. The van der Waals surface area contributed by atoms with Gasteiger partial charge in [0.05, 0.1) is 10.9 Å². The highest BCUT2D eigenvalue weighted by Gasteiger charge is 2.25. The summed E-state index contributed by atoms with van der Waals surface area (Å²) >= 11 is 0. The number of benzene rings is 2. The van der Waals surface area contributed by atoms with Crippen LogP contribution in [0.5, 0.6) is 5.75 Å². The molecule has 2 aromatic rings. The summed E-state index contributed by atoms with van der Waals surface area (Å²) in [5.41, 5.74) is 1.35. The second-order valence-electron chi connectivity index (χ2n) is 5.53. The van der Waals surface area contributed by atoms with E-state index in [1.807, 2.05) is 24.3 Å². The summed E-state index contributed by atoms with van der Waals surface area (Å²) in [5.74, 6) is 0.624. The third-order valence-electron chi connectivity index (χ3n) is 3.75. The fraction of sp³-hybridized carbons (Fsp3) is 0.235. The first-order valence-corrected chi connectivity index (χ1v) is 8.78. The number of hydrogen-bond donors (Lipinski definition) is 1. The van der Waals surface area contributed by atoms with Crippen molar-refractivity contribution in [3.63, 3.8) is 0 Å². The van der Waals surface area contributed by atoms with Gasteiger partial charge in [-0.3, -0.25) is 4.79 Å². The molecule has 0 aliphatic carbocycles. The van der Waals surface area contributed by atoms with Crippen molar-refractivity contribution in [1.29, 1.82) is 0 Å². The van der Waals surface area contributed by atoms with Gasteiger partial charge in [0, 0.05) is 5.56 Å². The zero-order valence-corrected chi connectivity index (χ0v) is 13.5. The first-order chi connectivity index (χ1) is 11.0. The lowest BCUT2D eigenvalue weighted by atomic mass is 10.0. The van der Waals surface area contributed by atoms with Crippen LogP contribution in [0.4, 0.5) is 0 Å². The molecule has 2 aromatic carbocycles. The topological polar surface area (TPSA) is 72.5 Å². The molecule has 23 heavy (non-hydrogen) atoms. The highest BCUT2D eigenvalue weighted by atomic mass is 32.2. The van der Waals surface area contributed by atoms with E-state index in [0.717, 1.165) is 11.3 Å². The van der Waals surface area contributed by atoms with E-state index in [4.69, 9.17) is 4.74 Å². The van der Waals surface area contributed by atoms with E-state index >= 15 is 0 Å². The summed E-state index contributed by atoms with van der Waals surface area (Å²) in [4.78, 5) is 11.5. The molecule has 1 atom stereocenters. The van der Waals surface area contributed by atoms with Gasteiger partial charge in [-0.1, -0.05) is 30.3 Å². The second kappa shape index (κ2) is 6.14. The zero-order valence-electron chi connectivity index (χ0n) is 12.7. The Morgan fingerprint density at radius 3 is 2.74 bits per heavy atom. The van der Waals surface area contributed by atoms with Crippen LogP contribution in [0.25, 0.3) is 0 Å². The molecule has 0 aromatic heterocycles. The minimum Gasteiger partial charge on any atom is -0.492 e. The number of Topliss-reactive ketones (excluding diaryl/α,β-unsaturated/α-hetero) is 1. The molecule has 0 bridgehead atoms. The van der Waals surface area contributed by atoms with Crippen LogP contribution in [-0.2, 0) is 16.4 Å². The number of ether oxygens (including phenoxy) is 1. The number of rotatable bonds is 4. The third-order valence-corrected chi connectivity index (χ3v) is 5.27. The van der Waals surface area contributed by atoms with Crippen LogP contribution in [0.1, 0.15) is 22.8 Å². The minimum atomic E-state index is -3.70. The molecule has 3 rings (SSSR count). The van der Waals surface area contributed by atoms with Gasteiger partial charge in [0.2, 0.25) is 10.0 Å². The van der Waals surface area contributed by atoms with Crippen LogP contribution in [0, 0.1) is 0 Å². The SMILES string of the molecule is CC(=O)c1cccc(S(=O)(=O)NC2COc3ccccc3C2)c1. The van der Waals surface area contributed by atoms with Crippen molar-refractivity contribution in [3.8, 4) is 5.75 Å². The third kappa shape index (κ3) is 3.43. The number of para-hydroxylation sites is 1. The maximum Gasteiger partial charge on any atom is 0.240 e. The summed E-state index contributed by atoms with van der Waals surface area (Å²) in [7, 11) is -3.70. The average molecular weight is 331 g/mol. The Hall–Kier alpha value is -2.18. The van der Waals surface area contributed by atoms with E-state index in [-0.39, 0.29) is 23.3 Å². The van der Waals surface area contributed by atoms with Crippen LogP contribution >= 0.6 is 0 Å². The molecule has 0 amide bonds. The lowest BCUT2D eigenvalue weighted by molar-refractivity contribution is 0.101. The van der Waals surface area contributed by atoms with Gasteiger partial charge in [-0.05, 0) is 37.1 Å². The molecule has 0 saturated carbocycles. The van der Waals surface area contributed by atoms with Crippen molar-refractivity contribution in [2.75, 3.05) is 6.61 Å². The number of carbonyl (C=O) groups is 1. The fourth-order valence-electron chi connectivity index (χ4n) is 2.57. The Labute approximate surface area is 135 Å². The fourth-order valence-corrected chi connectivity index (χ4v) is 3.84. The number of carbonyl (C=O) groups excluding carboxylic acids is 1. The van der Waals surface area contributed by atoms with E-state index in [9.17, 15) is 13.2 Å². The Balaban J connectivity index is 1.80. The molecule has 1 aliphatic rings. The molecule has 0 saturated heterocycles. The maximum atomic E-state index is 12.5. The largest absolute Gasteiger partial charge is 0.492 e. The van der Waals surface area contributed by atoms with Crippen LogP contribution < -0.4 is 9.46 Å². The molecule has 0 fully saturated rings. The summed E-state index contributed by atoms with van der Waals surface area (Å²) in [6.45, 7) is 1.69. The van der Waals surface area contributed by atoms with Gasteiger partial charge in [-0.15, -0.1) is 0 Å². The predicted molar refractivity (Wildman–Crippen MR) is 86.2 cm³/mol. The van der Waals surface area contributed by atoms with E-state index in [1.54, 1.807) is 12.1 Å². The number of fused-ring (bicyclic) bond motifs is 1. The number of nitrogens with one attached hydrogen (secondary N) is 1. The Kier molecular flexibility index (Phi) is 4.19. The number of sulfonamides is 1. The van der Waals surface area contributed by atoms with E-state index in [0.29, 0.717) is 12.0 Å². The lowest BCUT2D eigenvalue weighted by Gasteiger charge is -2.25. The van der Waals surface area contributed by atoms with Crippen LogP contribution in [0.3, 0.4) is 0 Å². The molecule has 0 radical (unpaired) electrons. The van der Waals surface area contributed by atoms with Crippen molar-refractivity contribution in [2.45, 2.75) is 24.3 Å². The van der Waals surface area contributed by atoms with Gasteiger partial charge in [0.25, 0.3) is 0 Å². The molecule has 1 unspecified atom stereocenters. The molecule has 6 heteroatoms. The Morgan fingerprint density at radius 1 is 1.17 bits per heavy atom.